The first kappa shape index (κ1) is 14.4. The molecular formula is C13H21N3O2. The van der Waals surface area contributed by atoms with Crippen LogP contribution in [0, 0.1) is 5.92 Å². The molecule has 1 unspecified atom stereocenters. The van der Waals surface area contributed by atoms with Crippen LogP contribution in [0.4, 0.5) is 5.82 Å². The fourth-order valence-electron chi connectivity index (χ4n) is 1.96. The van der Waals surface area contributed by atoms with Gasteiger partial charge in [-0.2, -0.15) is 0 Å². The lowest BCUT2D eigenvalue weighted by atomic mass is 9.94. The largest absolute Gasteiger partial charge is 0.481 e. The lowest BCUT2D eigenvalue weighted by Crippen LogP contribution is -2.11. The van der Waals surface area contributed by atoms with Crippen molar-refractivity contribution in [2.75, 3.05) is 11.9 Å². The molecule has 5 heteroatoms. The van der Waals surface area contributed by atoms with E-state index >= 15 is 0 Å². The molecule has 5 nitrogen and oxygen atoms in total. The number of carboxylic acids is 1. The number of rotatable bonds is 9. The van der Waals surface area contributed by atoms with Crippen molar-refractivity contribution in [3.05, 3.63) is 18.6 Å². The Morgan fingerprint density at radius 1 is 1.39 bits per heavy atom. The number of carboxylic acid groups (broad SMARTS) is 1. The Labute approximate surface area is 108 Å². The quantitative estimate of drug-likeness (QED) is 0.705. The van der Waals surface area contributed by atoms with Crippen LogP contribution in [0.3, 0.4) is 0 Å². The van der Waals surface area contributed by atoms with Crippen molar-refractivity contribution in [2.24, 2.45) is 5.92 Å². The Bertz CT molecular complexity index is 343. The van der Waals surface area contributed by atoms with Gasteiger partial charge in [0.15, 0.2) is 0 Å². The van der Waals surface area contributed by atoms with Gasteiger partial charge in [-0.25, -0.2) is 4.98 Å². The van der Waals surface area contributed by atoms with Crippen LogP contribution < -0.4 is 5.32 Å². The van der Waals surface area contributed by atoms with Gasteiger partial charge < -0.3 is 10.4 Å². The van der Waals surface area contributed by atoms with E-state index in [0.29, 0.717) is 5.92 Å². The Hall–Kier alpha value is -1.65. The van der Waals surface area contributed by atoms with E-state index in [0.717, 1.165) is 38.0 Å². The molecule has 0 amide bonds. The van der Waals surface area contributed by atoms with Crippen molar-refractivity contribution in [3.63, 3.8) is 0 Å². The number of hydrogen-bond acceptors (Lipinski definition) is 4. The normalized spacial score (nSPS) is 12.1. The maximum Gasteiger partial charge on any atom is 0.303 e. The molecule has 1 heterocycles. The van der Waals surface area contributed by atoms with Crippen LogP contribution in [0.15, 0.2) is 18.6 Å². The Morgan fingerprint density at radius 2 is 2.22 bits per heavy atom. The summed E-state index contributed by atoms with van der Waals surface area (Å²) in [6, 6.07) is 0. The van der Waals surface area contributed by atoms with Gasteiger partial charge in [0, 0.05) is 25.4 Å². The monoisotopic (exact) mass is 251 g/mol. The standard InChI is InChI=1S/C13H21N3O2/c1-2-3-11(4-5-13(17)18)6-7-15-12-10-14-8-9-16-12/h8-11H,2-7H2,1H3,(H,15,16)(H,17,18). The third kappa shape index (κ3) is 6.18. The van der Waals surface area contributed by atoms with Gasteiger partial charge in [-0.15, -0.1) is 0 Å². The summed E-state index contributed by atoms with van der Waals surface area (Å²) in [6.07, 6.45) is 9.13. The van der Waals surface area contributed by atoms with E-state index in [9.17, 15) is 4.79 Å². The predicted octanol–water partition coefficient (Wildman–Crippen LogP) is 2.56. The third-order valence-corrected chi connectivity index (χ3v) is 2.89. The van der Waals surface area contributed by atoms with Gasteiger partial charge in [-0.1, -0.05) is 19.8 Å². The summed E-state index contributed by atoms with van der Waals surface area (Å²) in [5.74, 6) is 0.527. The predicted molar refractivity (Wildman–Crippen MR) is 70.4 cm³/mol. The molecule has 0 aliphatic carbocycles. The molecule has 0 aromatic carbocycles. The fraction of sp³-hybridized carbons (Fsp3) is 0.615. The van der Waals surface area contributed by atoms with Crippen LogP contribution in [-0.4, -0.2) is 27.6 Å². The number of anilines is 1. The average Bonchev–Trinajstić information content (AvgIpc) is 2.37. The van der Waals surface area contributed by atoms with E-state index in [2.05, 4.69) is 22.2 Å². The molecular weight excluding hydrogens is 230 g/mol. The maximum absolute atomic E-state index is 10.6. The second-order valence-electron chi connectivity index (χ2n) is 4.39. The maximum atomic E-state index is 10.6. The molecule has 1 aromatic rings. The summed E-state index contributed by atoms with van der Waals surface area (Å²) in [4.78, 5) is 18.7. The van der Waals surface area contributed by atoms with Crippen LogP contribution in [0.5, 0.6) is 0 Å². The second kappa shape index (κ2) is 8.44. The van der Waals surface area contributed by atoms with Crippen molar-refractivity contribution in [1.82, 2.24) is 9.97 Å². The van der Waals surface area contributed by atoms with Crippen LogP contribution in [0.2, 0.25) is 0 Å². The molecule has 2 N–H and O–H groups in total. The van der Waals surface area contributed by atoms with Crippen molar-refractivity contribution in [3.8, 4) is 0 Å². The van der Waals surface area contributed by atoms with E-state index in [-0.39, 0.29) is 6.42 Å². The van der Waals surface area contributed by atoms with Gasteiger partial charge in [0.1, 0.15) is 5.82 Å². The topological polar surface area (TPSA) is 75.1 Å². The van der Waals surface area contributed by atoms with Crippen molar-refractivity contribution >= 4 is 11.8 Å². The summed E-state index contributed by atoms with van der Waals surface area (Å²) in [5.41, 5.74) is 0. The first-order valence-electron chi connectivity index (χ1n) is 6.44. The number of nitrogens with one attached hydrogen (secondary N) is 1. The molecule has 1 rings (SSSR count). The van der Waals surface area contributed by atoms with E-state index < -0.39 is 5.97 Å². The molecule has 0 aliphatic heterocycles. The SMILES string of the molecule is CCCC(CCNc1cnccn1)CCC(=O)O. The molecule has 1 aromatic heterocycles. The molecule has 18 heavy (non-hydrogen) atoms. The molecule has 0 spiro atoms. The molecule has 0 bridgehead atoms. The smallest absolute Gasteiger partial charge is 0.303 e. The van der Waals surface area contributed by atoms with Gasteiger partial charge in [0.2, 0.25) is 0 Å². The fourth-order valence-corrected chi connectivity index (χ4v) is 1.96. The highest BCUT2D eigenvalue weighted by molar-refractivity contribution is 5.66. The Balaban J connectivity index is 2.26. The summed E-state index contributed by atoms with van der Waals surface area (Å²) in [6.45, 7) is 2.94. The highest BCUT2D eigenvalue weighted by Gasteiger charge is 2.10. The number of aliphatic carboxylic acids is 1. The van der Waals surface area contributed by atoms with Crippen LogP contribution >= 0.6 is 0 Å². The Morgan fingerprint density at radius 3 is 2.83 bits per heavy atom. The Kier molecular flexibility index (Phi) is 6.76. The highest BCUT2D eigenvalue weighted by atomic mass is 16.4. The molecule has 100 valence electrons. The zero-order chi connectivity index (χ0) is 13.2. The van der Waals surface area contributed by atoms with Gasteiger partial charge in [0.25, 0.3) is 0 Å². The first-order chi connectivity index (χ1) is 8.72. The van der Waals surface area contributed by atoms with Gasteiger partial charge >= 0.3 is 5.97 Å². The number of carbonyl (C=O) groups is 1. The molecule has 0 saturated heterocycles. The molecule has 0 aliphatic rings. The zero-order valence-electron chi connectivity index (χ0n) is 10.8. The van der Waals surface area contributed by atoms with Crippen molar-refractivity contribution in [2.45, 2.75) is 39.0 Å². The summed E-state index contributed by atoms with van der Waals surface area (Å²) < 4.78 is 0. The number of hydrogen-bond donors (Lipinski definition) is 2. The molecule has 1 atom stereocenters. The minimum Gasteiger partial charge on any atom is -0.481 e. The number of nitrogens with zero attached hydrogens (tertiary/aromatic N) is 2. The van der Waals surface area contributed by atoms with Crippen LogP contribution in [0.25, 0.3) is 0 Å². The lowest BCUT2D eigenvalue weighted by Gasteiger charge is -2.15. The second-order valence-corrected chi connectivity index (χ2v) is 4.39. The summed E-state index contributed by atoms with van der Waals surface area (Å²) >= 11 is 0. The van der Waals surface area contributed by atoms with E-state index in [1.54, 1.807) is 18.6 Å². The third-order valence-electron chi connectivity index (χ3n) is 2.89. The van der Waals surface area contributed by atoms with Gasteiger partial charge in [0.05, 0.1) is 6.20 Å². The van der Waals surface area contributed by atoms with Crippen molar-refractivity contribution < 1.29 is 9.90 Å². The highest BCUT2D eigenvalue weighted by Crippen LogP contribution is 2.17. The van der Waals surface area contributed by atoms with Crippen molar-refractivity contribution in [1.29, 1.82) is 0 Å². The first-order valence-corrected chi connectivity index (χ1v) is 6.44. The lowest BCUT2D eigenvalue weighted by molar-refractivity contribution is -0.137. The summed E-state index contributed by atoms with van der Waals surface area (Å²) in [7, 11) is 0. The van der Waals surface area contributed by atoms with Gasteiger partial charge in [-0.3, -0.25) is 9.78 Å². The van der Waals surface area contributed by atoms with E-state index in [4.69, 9.17) is 5.11 Å². The van der Waals surface area contributed by atoms with Crippen LogP contribution in [0.1, 0.15) is 39.0 Å². The molecule has 0 saturated carbocycles. The minimum atomic E-state index is -0.710. The molecule has 0 radical (unpaired) electrons. The summed E-state index contributed by atoms with van der Waals surface area (Å²) in [5, 5.41) is 11.9. The zero-order valence-corrected chi connectivity index (χ0v) is 10.8. The molecule has 0 fully saturated rings. The number of aromatic nitrogens is 2. The van der Waals surface area contributed by atoms with Gasteiger partial charge in [-0.05, 0) is 18.8 Å². The van der Waals surface area contributed by atoms with E-state index in [1.165, 1.54) is 0 Å². The van der Waals surface area contributed by atoms with E-state index in [1.807, 2.05) is 0 Å². The average molecular weight is 251 g/mol. The minimum absolute atomic E-state index is 0.260. The van der Waals surface area contributed by atoms with Crippen LogP contribution in [-0.2, 0) is 4.79 Å².